The highest BCUT2D eigenvalue weighted by molar-refractivity contribution is 5.77. The maximum Gasteiger partial charge on any atom is 0.412 e. The van der Waals surface area contributed by atoms with Gasteiger partial charge in [0.15, 0.2) is 0 Å². The van der Waals surface area contributed by atoms with Crippen LogP contribution in [0.25, 0.3) is 0 Å². The lowest BCUT2D eigenvalue weighted by Crippen LogP contribution is -2.38. The zero-order valence-corrected chi connectivity index (χ0v) is 9.01. The summed E-state index contributed by atoms with van der Waals surface area (Å²) >= 11 is 0. The molecule has 1 aliphatic heterocycles. The minimum absolute atomic E-state index is 0.0146. The quantitative estimate of drug-likeness (QED) is 0.700. The van der Waals surface area contributed by atoms with E-state index in [1.807, 2.05) is 0 Å². The van der Waals surface area contributed by atoms with Crippen LogP contribution < -0.4 is 0 Å². The first-order valence-electron chi connectivity index (χ1n) is 5.07. The SMILES string of the molecule is CCOCC(=O)N1CC=C(C(F)(F)F)CC1. The summed E-state index contributed by atoms with van der Waals surface area (Å²) in [5.74, 6) is -0.265. The number of carbonyl (C=O) groups excluding carboxylic acids is 1. The van der Waals surface area contributed by atoms with E-state index in [0.29, 0.717) is 6.61 Å². The molecule has 1 rings (SSSR count). The first kappa shape index (κ1) is 13.0. The van der Waals surface area contributed by atoms with Crippen molar-refractivity contribution < 1.29 is 22.7 Å². The average molecular weight is 237 g/mol. The highest BCUT2D eigenvalue weighted by atomic mass is 19.4. The second kappa shape index (κ2) is 5.34. The summed E-state index contributed by atoms with van der Waals surface area (Å²) in [7, 11) is 0. The number of rotatable bonds is 3. The third kappa shape index (κ3) is 3.52. The third-order valence-corrected chi connectivity index (χ3v) is 2.36. The molecule has 0 aromatic rings. The van der Waals surface area contributed by atoms with Gasteiger partial charge in [-0.1, -0.05) is 6.08 Å². The minimum atomic E-state index is -4.27. The van der Waals surface area contributed by atoms with Crippen molar-refractivity contribution >= 4 is 5.91 Å². The maximum absolute atomic E-state index is 12.3. The molecule has 0 N–H and O–H groups in total. The molecule has 0 bridgehead atoms. The Morgan fingerprint density at radius 1 is 1.56 bits per heavy atom. The lowest BCUT2D eigenvalue weighted by atomic mass is 10.1. The topological polar surface area (TPSA) is 29.5 Å². The van der Waals surface area contributed by atoms with E-state index in [2.05, 4.69) is 0 Å². The number of carbonyl (C=O) groups is 1. The van der Waals surface area contributed by atoms with Crippen molar-refractivity contribution in [3.63, 3.8) is 0 Å². The molecular weight excluding hydrogens is 223 g/mol. The summed E-state index contributed by atoms with van der Waals surface area (Å²) < 4.78 is 41.7. The van der Waals surface area contributed by atoms with E-state index in [1.54, 1.807) is 6.92 Å². The van der Waals surface area contributed by atoms with Crippen molar-refractivity contribution in [3.8, 4) is 0 Å². The predicted octanol–water partition coefficient (Wildman–Crippen LogP) is 1.74. The number of halogens is 3. The van der Waals surface area contributed by atoms with Gasteiger partial charge in [-0.25, -0.2) is 0 Å². The van der Waals surface area contributed by atoms with Crippen molar-refractivity contribution in [3.05, 3.63) is 11.6 Å². The predicted molar refractivity (Wildman–Crippen MR) is 51.8 cm³/mol. The number of hydrogen-bond donors (Lipinski definition) is 0. The third-order valence-electron chi connectivity index (χ3n) is 2.36. The molecule has 0 unspecified atom stereocenters. The standard InChI is InChI=1S/C10H14F3NO2/c1-2-16-7-9(15)14-5-3-8(4-6-14)10(11,12)13/h3H,2,4-7H2,1H3. The van der Waals surface area contributed by atoms with Gasteiger partial charge in [-0.3, -0.25) is 4.79 Å². The molecule has 0 spiro atoms. The minimum Gasteiger partial charge on any atom is -0.372 e. The van der Waals surface area contributed by atoms with Crippen LogP contribution in [0.1, 0.15) is 13.3 Å². The summed E-state index contributed by atoms with van der Waals surface area (Å²) in [5, 5.41) is 0. The Morgan fingerprint density at radius 2 is 2.25 bits per heavy atom. The Labute approximate surface area is 91.9 Å². The summed E-state index contributed by atoms with van der Waals surface area (Å²) in [6.45, 7) is 2.23. The van der Waals surface area contributed by atoms with Crippen LogP contribution >= 0.6 is 0 Å². The van der Waals surface area contributed by atoms with Gasteiger partial charge in [-0.05, 0) is 13.3 Å². The molecule has 0 fully saturated rings. The van der Waals surface area contributed by atoms with E-state index in [9.17, 15) is 18.0 Å². The number of alkyl halides is 3. The molecule has 1 aliphatic rings. The fraction of sp³-hybridized carbons (Fsp3) is 0.700. The van der Waals surface area contributed by atoms with Crippen LogP contribution in [0.5, 0.6) is 0 Å². The van der Waals surface area contributed by atoms with Gasteiger partial charge in [0.05, 0.1) is 0 Å². The first-order valence-corrected chi connectivity index (χ1v) is 5.07. The van der Waals surface area contributed by atoms with Gasteiger partial charge in [0.25, 0.3) is 0 Å². The molecule has 0 aromatic carbocycles. The van der Waals surface area contributed by atoms with Crippen LogP contribution in [0.15, 0.2) is 11.6 Å². The first-order chi connectivity index (χ1) is 7.45. The van der Waals surface area contributed by atoms with Gasteiger partial charge in [-0.15, -0.1) is 0 Å². The Balaban J connectivity index is 2.48. The van der Waals surface area contributed by atoms with E-state index in [1.165, 1.54) is 4.90 Å². The molecule has 1 heterocycles. The number of nitrogens with zero attached hydrogens (tertiary/aromatic N) is 1. The molecule has 0 saturated carbocycles. The molecule has 16 heavy (non-hydrogen) atoms. The van der Waals surface area contributed by atoms with Crippen LogP contribution in [0, 0.1) is 0 Å². The van der Waals surface area contributed by atoms with E-state index in [0.717, 1.165) is 6.08 Å². The van der Waals surface area contributed by atoms with Gasteiger partial charge < -0.3 is 9.64 Å². The Kier molecular flexibility index (Phi) is 4.35. The van der Waals surface area contributed by atoms with Crippen LogP contribution in [0.3, 0.4) is 0 Å². The lowest BCUT2D eigenvalue weighted by molar-refractivity contribution is -0.136. The van der Waals surface area contributed by atoms with Crippen molar-refractivity contribution in [2.45, 2.75) is 19.5 Å². The zero-order chi connectivity index (χ0) is 12.2. The van der Waals surface area contributed by atoms with Gasteiger partial charge in [0.2, 0.25) is 5.91 Å². The normalized spacial score (nSPS) is 17.2. The molecule has 1 amide bonds. The van der Waals surface area contributed by atoms with Crippen molar-refractivity contribution in [2.75, 3.05) is 26.3 Å². The van der Waals surface area contributed by atoms with Crippen LogP contribution in [0.4, 0.5) is 13.2 Å². The van der Waals surface area contributed by atoms with E-state index in [4.69, 9.17) is 4.74 Å². The van der Waals surface area contributed by atoms with Crippen molar-refractivity contribution in [2.24, 2.45) is 0 Å². The number of hydrogen-bond acceptors (Lipinski definition) is 2. The monoisotopic (exact) mass is 237 g/mol. The smallest absolute Gasteiger partial charge is 0.372 e. The Morgan fingerprint density at radius 3 is 2.69 bits per heavy atom. The fourth-order valence-electron chi connectivity index (χ4n) is 1.43. The van der Waals surface area contributed by atoms with E-state index in [-0.39, 0.29) is 32.0 Å². The molecule has 0 aliphatic carbocycles. The van der Waals surface area contributed by atoms with Crippen molar-refractivity contribution in [1.29, 1.82) is 0 Å². The fourth-order valence-corrected chi connectivity index (χ4v) is 1.43. The molecule has 0 aromatic heterocycles. The summed E-state index contributed by atoms with van der Waals surface area (Å²) in [4.78, 5) is 12.8. The number of amides is 1. The largest absolute Gasteiger partial charge is 0.412 e. The summed E-state index contributed by atoms with van der Waals surface area (Å²) in [6, 6.07) is 0. The zero-order valence-electron chi connectivity index (χ0n) is 9.01. The van der Waals surface area contributed by atoms with Crippen LogP contribution in [-0.2, 0) is 9.53 Å². The maximum atomic E-state index is 12.3. The average Bonchev–Trinajstić information content (AvgIpc) is 2.25. The summed E-state index contributed by atoms with van der Waals surface area (Å²) in [5.41, 5.74) is -0.548. The molecule has 6 heteroatoms. The molecule has 0 atom stereocenters. The van der Waals surface area contributed by atoms with Gasteiger partial charge in [0.1, 0.15) is 6.61 Å². The van der Waals surface area contributed by atoms with E-state index >= 15 is 0 Å². The second-order valence-corrected chi connectivity index (χ2v) is 3.45. The molecule has 3 nitrogen and oxygen atoms in total. The highest BCUT2D eigenvalue weighted by Gasteiger charge is 2.35. The lowest BCUT2D eigenvalue weighted by Gasteiger charge is -2.27. The molecule has 92 valence electrons. The van der Waals surface area contributed by atoms with Crippen LogP contribution in [-0.4, -0.2) is 43.3 Å². The van der Waals surface area contributed by atoms with Crippen molar-refractivity contribution in [1.82, 2.24) is 4.90 Å². The van der Waals surface area contributed by atoms with E-state index < -0.39 is 11.7 Å². The molecule has 0 radical (unpaired) electrons. The van der Waals surface area contributed by atoms with Gasteiger partial charge >= 0.3 is 6.18 Å². The Hall–Kier alpha value is -1.04. The Bertz CT molecular complexity index is 286. The van der Waals surface area contributed by atoms with Gasteiger partial charge in [0, 0.05) is 25.3 Å². The molecular formula is C10H14F3NO2. The molecule has 0 saturated heterocycles. The number of ether oxygens (including phenoxy) is 1. The van der Waals surface area contributed by atoms with Crippen LogP contribution in [0.2, 0.25) is 0 Å². The van der Waals surface area contributed by atoms with Gasteiger partial charge in [-0.2, -0.15) is 13.2 Å². The highest BCUT2D eigenvalue weighted by Crippen LogP contribution is 2.29. The summed E-state index contributed by atoms with van der Waals surface area (Å²) in [6.07, 6.45) is -3.34. The second-order valence-electron chi connectivity index (χ2n) is 3.45.